The van der Waals surface area contributed by atoms with Crippen LogP contribution in [0.1, 0.15) is 0 Å². The van der Waals surface area contributed by atoms with Gasteiger partial charge in [0, 0.05) is 24.8 Å². The predicted octanol–water partition coefficient (Wildman–Crippen LogP) is 4.05. The molecule has 0 bridgehead atoms. The van der Waals surface area contributed by atoms with Crippen molar-refractivity contribution in [1.29, 1.82) is 0 Å². The Kier molecular flexibility index (Phi) is 9.12. The average Bonchev–Trinajstić information content (AvgIpc) is 2.77. The molecule has 0 fully saturated rings. The Bertz CT molecular complexity index is 785. The number of hydrogen-bond donors (Lipinski definition) is 0. The Morgan fingerprint density at radius 1 is 0.444 bits per heavy atom. The standard InChI is InChI=1S/2C10H8N2.2O.Ru/c2*1-3-7-11-9(5-1)10-6-2-4-8-12-10;;;/h2*1-8H;;;. The van der Waals surface area contributed by atoms with E-state index in [4.69, 9.17) is 7.15 Å². The maximum Gasteiger partial charge on any atom is 0.0886 e. The summed E-state index contributed by atoms with van der Waals surface area (Å²) in [5, 5.41) is 0. The molecule has 136 valence electrons. The van der Waals surface area contributed by atoms with Crippen LogP contribution >= 0.6 is 0 Å². The second-order valence-corrected chi connectivity index (χ2v) is 5.21. The molecular weight excluding hydrogens is 429 g/mol. The van der Waals surface area contributed by atoms with Crippen LogP contribution < -0.4 is 0 Å². The van der Waals surface area contributed by atoms with Gasteiger partial charge in [-0.05, 0) is 48.5 Å². The van der Waals surface area contributed by atoms with E-state index in [9.17, 15) is 0 Å². The van der Waals surface area contributed by atoms with Gasteiger partial charge in [0.05, 0.1) is 22.8 Å². The van der Waals surface area contributed by atoms with Crippen molar-refractivity contribution < 1.29 is 24.2 Å². The molecule has 4 heterocycles. The summed E-state index contributed by atoms with van der Waals surface area (Å²) in [4.78, 5) is 16.7. The number of pyridine rings is 4. The minimum atomic E-state index is -1.79. The van der Waals surface area contributed by atoms with Gasteiger partial charge < -0.3 is 0 Å². The quantitative estimate of drug-likeness (QED) is 0.433. The van der Waals surface area contributed by atoms with Crippen LogP contribution in [0.5, 0.6) is 0 Å². The summed E-state index contributed by atoms with van der Waals surface area (Å²) >= 11 is -1.79. The van der Waals surface area contributed by atoms with Gasteiger partial charge in [-0.25, -0.2) is 0 Å². The zero-order valence-corrected chi connectivity index (χ0v) is 15.9. The minimum absolute atomic E-state index is 0.915. The fourth-order valence-electron chi connectivity index (χ4n) is 2.06. The van der Waals surface area contributed by atoms with E-state index in [1.165, 1.54) is 0 Å². The van der Waals surface area contributed by atoms with E-state index in [0.29, 0.717) is 0 Å². The molecule has 0 aliphatic rings. The van der Waals surface area contributed by atoms with E-state index in [1.807, 2.05) is 72.8 Å². The smallest absolute Gasteiger partial charge is 0.0886 e. The van der Waals surface area contributed by atoms with Gasteiger partial charge in [0.15, 0.2) is 0 Å². The van der Waals surface area contributed by atoms with E-state index in [0.717, 1.165) is 22.8 Å². The molecule has 4 aromatic rings. The molecule has 4 aromatic heterocycles. The van der Waals surface area contributed by atoms with Crippen molar-refractivity contribution in [1.82, 2.24) is 19.9 Å². The molecule has 27 heavy (non-hydrogen) atoms. The van der Waals surface area contributed by atoms with Crippen molar-refractivity contribution in [2.45, 2.75) is 0 Å². The molecule has 0 saturated carbocycles. The molecule has 0 aromatic carbocycles. The van der Waals surface area contributed by atoms with Gasteiger partial charge in [-0.3, -0.25) is 19.9 Å². The Balaban J connectivity index is 0.000000170. The maximum absolute atomic E-state index is 8.46. The summed E-state index contributed by atoms with van der Waals surface area (Å²) in [6, 6.07) is 23.2. The third-order valence-corrected chi connectivity index (χ3v) is 3.18. The van der Waals surface area contributed by atoms with Gasteiger partial charge in [0.25, 0.3) is 0 Å². The first-order chi connectivity index (χ1) is 13.3. The second-order valence-electron chi connectivity index (χ2n) is 4.92. The van der Waals surface area contributed by atoms with Crippen molar-refractivity contribution in [3.8, 4) is 22.8 Å². The van der Waals surface area contributed by atoms with E-state index in [2.05, 4.69) is 19.9 Å². The van der Waals surface area contributed by atoms with E-state index >= 15 is 0 Å². The average molecular weight is 445 g/mol. The van der Waals surface area contributed by atoms with Crippen LogP contribution in [-0.4, -0.2) is 19.9 Å². The molecule has 0 spiro atoms. The Hall–Kier alpha value is -3.18. The molecule has 0 radical (unpaired) electrons. The largest absolute Gasteiger partial charge is 0.255 e. The van der Waals surface area contributed by atoms with Gasteiger partial charge in [-0.1, -0.05) is 24.3 Å². The molecule has 0 aliphatic carbocycles. The van der Waals surface area contributed by atoms with Crippen molar-refractivity contribution in [3.63, 3.8) is 0 Å². The summed E-state index contributed by atoms with van der Waals surface area (Å²) in [7, 11) is 0. The summed E-state index contributed by atoms with van der Waals surface area (Å²) in [6.45, 7) is 0. The Labute approximate surface area is 164 Å². The van der Waals surface area contributed by atoms with Gasteiger partial charge in [0.2, 0.25) is 0 Å². The molecular formula is C20H16N4O2Ru. The van der Waals surface area contributed by atoms with Crippen LogP contribution in [0.3, 0.4) is 0 Å². The van der Waals surface area contributed by atoms with Crippen LogP contribution in [-0.2, 0) is 24.2 Å². The SMILES string of the molecule is [O]=[Ru]=[O].c1ccc(-c2ccccn2)nc1.c1ccc(-c2ccccn2)nc1. The van der Waals surface area contributed by atoms with Crippen LogP contribution in [0, 0.1) is 0 Å². The van der Waals surface area contributed by atoms with Gasteiger partial charge >= 0.3 is 24.2 Å². The fraction of sp³-hybridized carbons (Fsp3) is 0. The van der Waals surface area contributed by atoms with E-state index < -0.39 is 17.0 Å². The van der Waals surface area contributed by atoms with E-state index in [-0.39, 0.29) is 0 Å². The third-order valence-electron chi connectivity index (χ3n) is 3.18. The summed E-state index contributed by atoms with van der Waals surface area (Å²) in [5.41, 5.74) is 3.66. The summed E-state index contributed by atoms with van der Waals surface area (Å²) in [6.07, 6.45) is 7.07. The molecule has 7 heteroatoms. The van der Waals surface area contributed by atoms with Crippen molar-refractivity contribution in [2.75, 3.05) is 0 Å². The van der Waals surface area contributed by atoms with Gasteiger partial charge in [-0.2, -0.15) is 0 Å². The fourth-order valence-corrected chi connectivity index (χ4v) is 2.06. The Morgan fingerprint density at radius 3 is 0.815 bits per heavy atom. The third kappa shape index (κ3) is 7.30. The molecule has 4 rings (SSSR count). The molecule has 6 nitrogen and oxygen atoms in total. The molecule has 0 amide bonds. The first-order valence-corrected chi connectivity index (χ1v) is 9.29. The van der Waals surface area contributed by atoms with Gasteiger partial charge in [0.1, 0.15) is 0 Å². The van der Waals surface area contributed by atoms with E-state index in [1.54, 1.807) is 24.8 Å². The molecule has 0 atom stereocenters. The number of nitrogens with zero attached hydrogens (tertiary/aromatic N) is 4. The molecule has 0 aliphatic heterocycles. The zero-order valence-electron chi connectivity index (χ0n) is 14.2. The number of aromatic nitrogens is 4. The number of hydrogen-bond acceptors (Lipinski definition) is 6. The maximum atomic E-state index is 8.46. The van der Waals surface area contributed by atoms with Crippen LogP contribution in [0.4, 0.5) is 0 Å². The summed E-state index contributed by atoms with van der Waals surface area (Å²) < 4.78 is 16.9. The minimum Gasteiger partial charge on any atom is -0.255 e. The topological polar surface area (TPSA) is 85.7 Å². The Morgan fingerprint density at radius 2 is 0.667 bits per heavy atom. The normalized spacial score (nSPS) is 9.19. The summed E-state index contributed by atoms with van der Waals surface area (Å²) in [5.74, 6) is 0. The predicted molar refractivity (Wildman–Crippen MR) is 96.3 cm³/mol. The second kappa shape index (κ2) is 12.2. The molecule has 0 unspecified atom stereocenters. The van der Waals surface area contributed by atoms with Crippen LogP contribution in [0.25, 0.3) is 22.8 Å². The number of rotatable bonds is 2. The molecule has 0 N–H and O–H groups in total. The van der Waals surface area contributed by atoms with Crippen LogP contribution in [0.2, 0.25) is 0 Å². The van der Waals surface area contributed by atoms with Crippen LogP contribution in [0.15, 0.2) is 97.6 Å². The van der Waals surface area contributed by atoms with Crippen molar-refractivity contribution in [3.05, 3.63) is 97.6 Å². The molecule has 0 saturated heterocycles. The monoisotopic (exact) mass is 446 g/mol. The van der Waals surface area contributed by atoms with Crippen molar-refractivity contribution in [2.24, 2.45) is 0 Å². The zero-order chi connectivity index (χ0) is 19.2. The first kappa shape index (κ1) is 20.1. The first-order valence-electron chi connectivity index (χ1n) is 7.87. The van der Waals surface area contributed by atoms with Gasteiger partial charge in [-0.15, -0.1) is 0 Å². The van der Waals surface area contributed by atoms with Crippen molar-refractivity contribution >= 4 is 0 Å².